The van der Waals surface area contributed by atoms with Crippen LogP contribution in [0.1, 0.15) is 58.5 Å². The summed E-state index contributed by atoms with van der Waals surface area (Å²) in [4.78, 5) is 33.9. The second kappa shape index (κ2) is 10.2. The van der Waals surface area contributed by atoms with Crippen molar-refractivity contribution in [3.05, 3.63) is 38.4 Å². The van der Waals surface area contributed by atoms with Crippen LogP contribution >= 0.6 is 34.5 Å². The molecule has 4 heterocycles. The summed E-state index contributed by atoms with van der Waals surface area (Å²) in [6, 6.07) is 1.34. The Labute approximate surface area is 243 Å². The predicted octanol–water partition coefficient (Wildman–Crippen LogP) is 5.44. The maximum Gasteiger partial charge on any atom is 0.406 e. The Balaban J connectivity index is 1.63. The third-order valence-corrected chi connectivity index (χ3v) is 10.2. The lowest BCUT2D eigenvalue weighted by molar-refractivity contribution is -0.297. The number of hydrogen-bond donors (Lipinski definition) is 2. The van der Waals surface area contributed by atoms with E-state index in [-0.39, 0.29) is 53.2 Å². The van der Waals surface area contributed by atoms with Crippen LogP contribution in [0.2, 0.25) is 10.0 Å². The van der Waals surface area contributed by atoms with Crippen molar-refractivity contribution in [1.29, 1.82) is 0 Å². The van der Waals surface area contributed by atoms with Crippen molar-refractivity contribution in [1.82, 2.24) is 14.8 Å². The normalized spacial score (nSPS) is 25.0. The summed E-state index contributed by atoms with van der Waals surface area (Å²) in [7, 11) is 0. The van der Waals surface area contributed by atoms with E-state index in [0.29, 0.717) is 17.4 Å². The Morgan fingerprint density at radius 3 is 1.90 bits per heavy atom. The van der Waals surface area contributed by atoms with Gasteiger partial charge in [-0.25, -0.2) is 4.98 Å². The molecule has 3 fully saturated rings. The van der Waals surface area contributed by atoms with E-state index in [2.05, 4.69) is 4.98 Å². The molecule has 0 unspecified atom stereocenters. The molecule has 1 aromatic heterocycles. The number of aliphatic hydroxyl groups excluding tert-OH is 2. The van der Waals surface area contributed by atoms with Crippen molar-refractivity contribution >= 4 is 46.4 Å². The quantitative estimate of drug-likeness (QED) is 0.432. The van der Waals surface area contributed by atoms with Gasteiger partial charge >= 0.3 is 12.4 Å². The number of carbonyl (C=O) groups is 2. The number of fused-ring (bicyclic) bond motifs is 2. The van der Waals surface area contributed by atoms with Crippen molar-refractivity contribution in [2.75, 3.05) is 13.1 Å². The van der Waals surface area contributed by atoms with Gasteiger partial charge in [0.05, 0.1) is 27.1 Å². The SMILES string of the molecule is CC(c1ccc(-c2sc(C(=O)N3C[C@@H](O)[C@@H](O)C3)nc2C(=O)N2C3CCC2CC3)c(Cl)c1Cl)(C(F)(F)F)C(F)(F)F. The number of thiazole rings is 1. The number of β-amino-alcohol motifs (C(OH)–C–C–N with tert-alkyl or cyclic N) is 2. The summed E-state index contributed by atoms with van der Waals surface area (Å²) >= 11 is 13.1. The number of amides is 2. The fourth-order valence-electron chi connectivity index (χ4n) is 5.75. The molecule has 0 aliphatic carbocycles. The smallest absolute Gasteiger partial charge is 0.388 e. The molecule has 2 aromatic rings. The summed E-state index contributed by atoms with van der Waals surface area (Å²) in [5, 5.41) is 17.8. The van der Waals surface area contributed by atoms with E-state index in [1.54, 1.807) is 4.90 Å². The number of aromatic nitrogens is 1. The van der Waals surface area contributed by atoms with Crippen LogP contribution < -0.4 is 0 Å². The zero-order valence-electron chi connectivity index (χ0n) is 21.2. The number of nitrogens with zero attached hydrogens (tertiary/aromatic N) is 3. The molecule has 0 saturated carbocycles. The zero-order valence-corrected chi connectivity index (χ0v) is 23.5. The Morgan fingerprint density at radius 1 is 0.902 bits per heavy atom. The van der Waals surface area contributed by atoms with Gasteiger partial charge in [-0.2, -0.15) is 26.3 Å². The molecule has 3 saturated heterocycles. The maximum atomic E-state index is 13.8. The van der Waals surface area contributed by atoms with E-state index in [0.717, 1.165) is 36.6 Å². The largest absolute Gasteiger partial charge is 0.406 e. The van der Waals surface area contributed by atoms with Crippen LogP contribution in [0.4, 0.5) is 26.3 Å². The van der Waals surface area contributed by atoms with Crippen LogP contribution in [0.5, 0.6) is 0 Å². The molecule has 5 rings (SSSR count). The molecule has 3 aliphatic rings. The molecule has 16 heteroatoms. The highest BCUT2D eigenvalue weighted by Crippen LogP contribution is 2.55. The highest BCUT2D eigenvalue weighted by molar-refractivity contribution is 7.17. The van der Waals surface area contributed by atoms with Crippen molar-refractivity contribution in [3.63, 3.8) is 0 Å². The van der Waals surface area contributed by atoms with Crippen molar-refractivity contribution in [2.45, 2.75) is 74.7 Å². The minimum absolute atomic E-state index is 0.0370. The lowest BCUT2D eigenvalue weighted by Gasteiger charge is -2.35. The van der Waals surface area contributed by atoms with E-state index in [1.165, 1.54) is 0 Å². The standard InChI is InChI=1S/C25H23Cl2F6N3O4S/c1-23(24(28,29)30,25(31,32)33)13-7-6-12(16(26)17(13)27)19-18(21(39)36-10-2-3-11(36)5-4-10)34-20(41-19)22(40)35-8-14(37)15(38)9-35/h6-7,10-11,14-15,37-38H,2-5,8-9H2,1H3/t10?,11?,14-,15+. The van der Waals surface area contributed by atoms with Gasteiger partial charge in [-0.05, 0) is 38.2 Å². The Morgan fingerprint density at radius 2 is 1.41 bits per heavy atom. The first-order chi connectivity index (χ1) is 19.0. The van der Waals surface area contributed by atoms with Gasteiger partial charge in [-0.1, -0.05) is 35.3 Å². The fourth-order valence-corrected chi connectivity index (χ4v) is 7.48. The number of benzene rings is 1. The predicted molar refractivity (Wildman–Crippen MR) is 137 cm³/mol. The second-order valence-electron chi connectivity index (χ2n) is 10.6. The van der Waals surface area contributed by atoms with Crippen LogP contribution in [-0.4, -0.2) is 86.5 Å². The third-order valence-electron chi connectivity index (χ3n) is 8.25. The van der Waals surface area contributed by atoms with Crippen molar-refractivity contribution in [3.8, 4) is 10.4 Å². The number of hydrogen-bond acceptors (Lipinski definition) is 6. The molecule has 0 spiro atoms. The van der Waals surface area contributed by atoms with E-state index >= 15 is 0 Å². The fraction of sp³-hybridized carbons (Fsp3) is 0.560. The van der Waals surface area contributed by atoms with Gasteiger partial charge in [-0.3, -0.25) is 9.59 Å². The second-order valence-corrected chi connectivity index (χ2v) is 12.4. The Bertz CT molecular complexity index is 1360. The first-order valence-electron chi connectivity index (χ1n) is 12.6. The van der Waals surface area contributed by atoms with Gasteiger partial charge in [0.1, 0.15) is 5.69 Å². The van der Waals surface area contributed by atoms with Crippen molar-refractivity contribution in [2.24, 2.45) is 0 Å². The molecule has 0 radical (unpaired) electrons. The third kappa shape index (κ3) is 4.79. The van der Waals surface area contributed by atoms with Crippen LogP contribution in [0.15, 0.2) is 12.1 Å². The zero-order chi connectivity index (χ0) is 30.2. The molecule has 2 bridgehead atoms. The molecule has 7 nitrogen and oxygen atoms in total. The summed E-state index contributed by atoms with van der Waals surface area (Å²) in [6.45, 7) is -0.447. The average Bonchev–Trinajstić information content (AvgIpc) is 3.67. The average molecular weight is 646 g/mol. The Kier molecular flexibility index (Phi) is 7.58. The number of carbonyl (C=O) groups excluding carboxylic acids is 2. The Hall–Kier alpha value is -2.13. The minimum atomic E-state index is -5.77. The van der Waals surface area contributed by atoms with E-state index in [9.17, 15) is 46.1 Å². The molecular formula is C25H23Cl2F6N3O4S. The summed E-state index contributed by atoms with van der Waals surface area (Å²) < 4.78 is 82.7. The molecule has 2 atom stereocenters. The van der Waals surface area contributed by atoms with E-state index in [4.69, 9.17) is 23.2 Å². The lowest BCUT2D eigenvalue weighted by atomic mass is 9.80. The first-order valence-corrected chi connectivity index (χ1v) is 14.2. The van der Waals surface area contributed by atoms with Gasteiger partial charge < -0.3 is 20.0 Å². The highest BCUT2D eigenvalue weighted by Gasteiger charge is 2.69. The molecule has 2 N–H and O–H groups in total. The number of rotatable bonds is 4. The van der Waals surface area contributed by atoms with Gasteiger partial charge in [-0.15, -0.1) is 11.3 Å². The summed E-state index contributed by atoms with van der Waals surface area (Å²) in [5.74, 6) is -1.27. The number of alkyl halides is 6. The van der Waals surface area contributed by atoms with Crippen LogP contribution in [-0.2, 0) is 5.41 Å². The molecule has 1 aromatic carbocycles. The number of aliphatic hydroxyl groups is 2. The molecule has 3 aliphatic heterocycles. The van der Waals surface area contributed by atoms with E-state index in [1.807, 2.05) is 0 Å². The number of likely N-dealkylation sites (tertiary alicyclic amines) is 1. The number of halogens is 8. The monoisotopic (exact) mass is 645 g/mol. The van der Waals surface area contributed by atoms with Gasteiger partial charge in [0, 0.05) is 30.7 Å². The van der Waals surface area contributed by atoms with Crippen molar-refractivity contribution < 1.29 is 46.1 Å². The topological polar surface area (TPSA) is 94.0 Å². The summed E-state index contributed by atoms with van der Waals surface area (Å²) in [6.07, 6.45) is -10.9. The lowest BCUT2D eigenvalue weighted by Crippen LogP contribution is -2.51. The van der Waals surface area contributed by atoms with Crippen LogP contribution in [0.25, 0.3) is 10.4 Å². The highest BCUT2D eigenvalue weighted by atomic mass is 35.5. The van der Waals surface area contributed by atoms with Gasteiger partial charge in [0.15, 0.2) is 10.4 Å². The molecule has 41 heavy (non-hydrogen) atoms. The summed E-state index contributed by atoms with van der Waals surface area (Å²) in [5.41, 5.74) is -6.07. The van der Waals surface area contributed by atoms with Gasteiger partial charge in [0.2, 0.25) is 0 Å². The maximum absolute atomic E-state index is 13.8. The molecule has 224 valence electrons. The van der Waals surface area contributed by atoms with E-state index < -0.39 is 57.4 Å². The van der Waals surface area contributed by atoms with Gasteiger partial charge in [0.25, 0.3) is 11.8 Å². The minimum Gasteiger partial charge on any atom is -0.388 e. The van der Waals surface area contributed by atoms with Crippen LogP contribution in [0, 0.1) is 0 Å². The molecule has 2 amide bonds. The van der Waals surface area contributed by atoms with Crippen LogP contribution in [0.3, 0.4) is 0 Å². The first kappa shape index (κ1) is 30.3. The molecular weight excluding hydrogens is 623 g/mol.